The second kappa shape index (κ2) is 17.5. The van der Waals surface area contributed by atoms with E-state index in [4.69, 9.17) is 23.7 Å². The van der Waals surface area contributed by atoms with Gasteiger partial charge in [0.15, 0.2) is 32.3 Å². The van der Waals surface area contributed by atoms with Gasteiger partial charge in [-0.15, -0.1) is 0 Å². The number of thiazole rings is 1. The number of methoxy groups -OCH3 is 2. The van der Waals surface area contributed by atoms with Crippen molar-refractivity contribution in [2.24, 2.45) is 0 Å². The van der Waals surface area contributed by atoms with Crippen LogP contribution in [0.5, 0.6) is 0 Å². The molecule has 1 rings (SSSR count). The third kappa shape index (κ3) is 14.3. The molecule has 0 unspecified atom stereocenters. The summed E-state index contributed by atoms with van der Waals surface area (Å²) in [5.74, 6) is 0. The van der Waals surface area contributed by atoms with Gasteiger partial charge < -0.3 is 27.8 Å². The second-order valence-electron chi connectivity index (χ2n) is 6.91. The van der Waals surface area contributed by atoms with E-state index < -0.39 is 31.1 Å². The molecule has 0 spiro atoms. The minimum Gasteiger partial charge on any atom is -0.421 e. The van der Waals surface area contributed by atoms with Gasteiger partial charge in [-0.3, -0.25) is 0 Å². The molecule has 0 atom stereocenters. The molecule has 0 N–H and O–H groups in total. The summed E-state index contributed by atoms with van der Waals surface area (Å²) >= 11 is 1.77. The Hall–Kier alpha value is -1.13. The number of sulfonamides is 2. The van der Waals surface area contributed by atoms with Crippen LogP contribution >= 0.6 is 11.3 Å². The summed E-state index contributed by atoms with van der Waals surface area (Å²) in [5.41, 5.74) is -8.96. The van der Waals surface area contributed by atoms with Gasteiger partial charge in [0, 0.05) is 27.6 Å². The Labute approximate surface area is 221 Å². The Kier molecular flexibility index (Phi) is 17.0. The lowest BCUT2D eigenvalue weighted by Crippen LogP contribution is -2.37. The predicted octanol–water partition coefficient (Wildman–Crippen LogP) is 2.29. The predicted molar refractivity (Wildman–Crippen MR) is 122 cm³/mol. The molecule has 20 heteroatoms. The van der Waals surface area contributed by atoms with Crippen molar-refractivity contribution in [3.63, 3.8) is 0 Å². The molecule has 0 radical (unpaired) electrons. The summed E-state index contributed by atoms with van der Waals surface area (Å²) in [4.78, 5) is 1.37. The molecule has 0 aromatic carbocycles. The van der Waals surface area contributed by atoms with Gasteiger partial charge in [-0.1, -0.05) is 11.3 Å². The molecule has 0 amide bonds. The Balaban J connectivity index is 0.000000793. The van der Waals surface area contributed by atoms with E-state index in [0.29, 0.717) is 46.2 Å². The number of ether oxygens (including phenoxy) is 5. The normalized spacial score (nSPS) is 12.9. The maximum absolute atomic E-state index is 11.4. The Bertz CT molecular complexity index is 958. The fourth-order valence-corrected chi connectivity index (χ4v) is 4.88. The van der Waals surface area contributed by atoms with Gasteiger partial charge in [0.2, 0.25) is 5.51 Å². The highest BCUT2D eigenvalue weighted by molar-refractivity contribution is 8.13. The van der Waals surface area contributed by atoms with Crippen molar-refractivity contribution >= 4 is 31.4 Å². The molecule has 0 aliphatic rings. The van der Waals surface area contributed by atoms with Crippen LogP contribution in [0.25, 0.3) is 4.13 Å². The third-order valence-corrected chi connectivity index (χ3v) is 8.01. The standard InChI is InChI=1S/C16H30NO5S.C2F6NO4S2/c1-15-16(4-6-20-10-8-18-2)23-14-17(15)5-7-21-12-13-22-11-9-19-3;3-1(4,5)14(10,11)9-15(12,13)2(6,7)8/h14H,4-13H2,1-3H3;/q+1;-1. The number of nitrogens with zero attached hydrogens (tertiary/aromatic N) is 2. The highest BCUT2D eigenvalue weighted by atomic mass is 32.3. The largest absolute Gasteiger partial charge is 0.480 e. The van der Waals surface area contributed by atoms with Gasteiger partial charge in [-0.25, -0.2) is 16.8 Å². The Morgan fingerprint density at radius 2 is 1.18 bits per heavy atom. The van der Waals surface area contributed by atoms with E-state index in [1.165, 1.54) is 10.6 Å². The van der Waals surface area contributed by atoms with Gasteiger partial charge in [0.25, 0.3) is 0 Å². The lowest BCUT2D eigenvalue weighted by Gasteiger charge is -2.22. The van der Waals surface area contributed by atoms with Crippen molar-refractivity contribution in [1.29, 1.82) is 0 Å². The molecular formula is C18H30F6N2O9S3. The highest BCUT2D eigenvalue weighted by Gasteiger charge is 2.46. The van der Waals surface area contributed by atoms with Gasteiger partial charge in [-0.2, -0.15) is 30.9 Å². The monoisotopic (exact) mass is 628 g/mol. The molecule has 1 heterocycles. The highest BCUT2D eigenvalue weighted by Crippen LogP contribution is 2.36. The topological polar surface area (TPSA) is 132 Å². The van der Waals surface area contributed by atoms with Gasteiger partial charge >= 0.3 is 11.0 Å². The quantitative estimate of drug-likeness (QED) is 0.145. The molecule has 0 aliphatic carbocycles. The lowest BCUT2D eigenvalue weighted by atomic mass is 10.3. The summed E-state index contributed by atoms with van der Waals surface area (Å²) in [5, 5.41) is 0. The van der Waals surface area contributed by atoms with Crippen LogP contribution < -0.4 is 4.57 Å². The van der Waals surface area contributed by atoms with Crippen molar-refractivity contribution in [1.82, 2.24) is 0 Å². The summed E-state index contributed by atoms with van der Waals surface area (Å²) in [7, 11) is -10.1. The van der Waals surface area contributed by atoms with Crippen LogP contribution in [0.2, 0.25) is 0 Å². The molecule has 0 aliphatic heterocycles. The maximum Gasteiger partial charge on any atom is 0.480 e. The van der Waals surface area contributed by atoms with Crippen LogP contribution in [-0.4, -0.2) is 94.9 Å². The molecule has 38 heavy (non-hydrogen) atoms. The molecular weight excluding hydrogens is 598 g/mol. The van der Waals surface area contributed by atoms with Gasteiger partial charge in [0.05, 0.1) is 51.1 Å². The SMILES string of the molecule is COCCOCCOCC[n+]1csc(CCOCCOC)c1C.O=S(=O)([N-]S(=O)(=O)C(F)(F)F)C(F)(F)F. The van der Waals surface area contributed by atoms with Crippen LogP contribution in [0.1, 0.15) is 10.6 Å². The van der Waals surface area contributed by atoms with E-state index in [-0.39, 0.29) is 0 Å². The first-order chi connectivity index (χ1) is 17.5. The number of halogens is 6. The fraction of sp³-hybridized carbons (Fsp3) is 0.833. The van der Waals surface area contributed by atoms with E-state index in [0.717, 1.165) is 23.7 Å². The second-order valence-corrected chi connectivity index (χ2v) is 11.3. The average molecular weight is 629 g/mol. The van der Waals surface area contributed by atoms with Crippen molar-refractivity contribution in [2.75, 3.05) is 67.1 Å². The van der Waals surface area contributed by atoms with Crippen molar-refractivity contribution in [3.05, 3.63) is 20.2 Å². The Morgan fingerprint density at radius 3 is 1.63 bits per heavy atom. The van der Waals surface area contributed by atoms with E-state index in [9.17, 15) is 43.2 Å². The summed E-state index contributed by atoms with van der Waals surface area (Å²) in [6.45, 7) is 8.22. The first kappa shape index (κ1) is 36.9. The van der Waals surface area contributed by atoms with Crippen LogP contribution in [0.4, 0.5) is 26.3 Å². The molecule has 0 bridgehead atoms. The average Bonchev–Trinajstić information content (AvgIpc) is 3.13. The smallest absolute Gasteiger partial charge is 0.421 e. The van der Waals surface area contributed by atoms with Crippen LogP contribution in [0.15, 0.2) is 5.51 Å². The minimum absolute atomic E-state index is 0.612. The van der Waals surface area contributed by atoms with Crippen LogP contribution in [-0.2, 0) is 56.7 Å². The molecule has 11 nitrogen and oxygen atoms in total. The van der Waals surface area contributed by atoms with E-state index >= 15 is 0 Å². The zero-order valence-electron chi connectivity index (χ0n) is 20.7. The van der Waals surface area contributed by atoms with Crippen LogP contribution in [0, 0.1) is 6.92 Å². The summed E-state index contributed by atoms with van der Waals surface area (Å²) in [6, 6.07) is 0. The van der Waals surface area contributed by atoms with E-state index in [1.54, 1.807) is 25.6 Å². The van der Waals surface area contributed by atoms with Gasteiger partial charge in [0.1, 0.15) is 6.61 Å². The molecule has 226 valence electrons. The van der Waals surface area contributed by atoms with E-state index in [1.807, 2.05) is 0 Å². The van der Waals surface area contributed by atoms with Crippen molar-refractivity contribution in [3.8, 4) is 0 Å². The number of rotatable bonds is 17. The molecule has 0 fully saturated rings. The van der Waals surface area contributed by atoms with Gasteiger partial charge in [-0.05, 0) is 0 Å². The maximum atomic E-state index is 11.4. The Morgan fingerprint density at radius 1 is 0.763 bits per heavy atom. The van der Waals surface area contributed by atoms with Crippen molar-refractivity contribution in [2.45, 2.75) is 30.9 Å². The summed E-state index contributed by atoms with van der Waals surface area (Å²) < 4.78 is 138. The fourth-order valence-electron chi connectivity index (χ4n) is 2.16. The molecule has 1 aromatic rings. The number of alkyl halides is 6. The summed E-state index contributed by atoms with van der Waals surface area (Å²) in [6.07, 6.45) is 0.946. The number of hydrogen-bond acceptors (Lipinski definition) is 10. The molecule has 0 saturated heterocycles. The lowest BCUT2D eigenvalue weighted by molar-refractivity contribution is -0.699. The molecule has 0 saturated carbocycles. The zero-order chi connectivity index (χ0) is 29.5. The van der Waals surface area contributed by atoms with Crippen molar-refractivity contribution < 1.29 is 71.4 Å². The first-order valence-electron chi connectivity index (χ1n) is 10.5. The zero-order valence-corrected chi connectivity index (χ0v) is 23.2. The third-order valence-electron chi connectivity index (χ3n) is 4.12. The molecule has 1 aromatic heterocycles. The number of hydrogen-bond donors (Lipinski definition) is 0. The first-order valence-corrected chi connectivity index (χ1v) is 14.3. The van der Waals surface area contributed by atoms with Crippen LogP contribution in [0.3, 0.4) is 0 Å². The number of aromatic nitrogens is 1. The van der Waals surface area contributed by atoms with E-state index in [2.05, 4.69) is 17.0 Å². The minimum atomic E-state index is -6.72.